The van der Waals surface area contributed by atoms with E-state index in [9.17, 15) is 43.5 Å². The molecule has 490 valence electrons. The Morgan fingerprint density at radius 3 is 1.00 bits per heavy atom. The van der Waals surface area contributed by atoms with Crippen molar-refractivity contribution in [2.24, 2.45) is 0 Å². The van der Waals surface area contributed by atoms with Gasteiger partial charge in [0, 0.05) is 19.3 Å². The fourth-order valence-corrected chi connectivity index (χ4v) is 9.85. The molecule has 16 nitrogen and oxygen atoms in total. The molecule has 0 heterocycles. The molecular formula is C67H116O16P2. The first-order valence-corrected chi connectivity index (χ1v) is 35.5. The molecule has 0 radical (unpaired) electrons. The standard InChI is InChI=1S/C67H116O16P2/c1-4-7-10-13-16-19-22-25-26-27-28-29-30-31-32-33-34-37-39-41-44-47-50-53-65(70)77-56-62(68)57-79-84(73,74)80-58-63(69)59-81-85(75,76)82-61-64(83-67(72)55-52-49-46-43-40-36-24-21-18-15-12-9-6-3)60-78-66(71)54-51-48-45-42-38-35-23-20-17-14-11-8-5-2/h7,10,16,19-21,23-26,28-29,31-32,34,37,62-64,68-69H,4-6,8-9,11-15,17-18,22,27,30,33,35-36,38-61H2,1-3H3,(H,73,74)(H,75,76)/b10-7-,19-16-,23-20-,24-21-,26-25-,29-28-,32-31-,37-34-. The summed E-state index contributed by atoms with van der Waals surface area (Å²) in [5.41, 5.74) is 0. The average molecular weight is 1240 g/mol. The predicted molar refractivity (Wildman–Crippen MR) is 344 cm³/mol. The highest BCUT2D eigenvalue weighted by atomic mass is 31.2. The van der Waals surface area contributed by atoms with Crippen LogP contribution in [0.1, 0.15) is 252 Å². The Bertz CT molecular complexity index is 1940. The summed E-state index contributed by atoms with van der Waals surface area (Å²) in [6.07, 6.45) is 64.7. The number of carbonyl (C=O) groups excluding carboxylic acids is 3. The molecule has 0 amide bonds. The topological polar surface area (TPSA) is 231 Å². The van der Waals surface area contributed by atoms with Gasteiger partial charge in [0.1, 0.15) is 25.4 Å². The van der Waals surface area contributed by atoms with Gasteiger partial charge in [0.2, 0.25) is 0 Å². The van der Waals surface area contributed by atoms with Crippen LogP contribution in [0.3, 0.4) is 0 Å². The molecule has 0 aromatic carbocycles. The summed E-state index contributed by atoms with van der Waals surface area (Å²) in [5, 5.41) is 20.5. The van der Waals surface area contributed by atoms with E-state index in [1.165, 1.54) is 51.4 Å². The molecule has 0 bridgehead atoms. The van der Waals surface area contributed by atoms with Crippen LogP contribution >= 0.6 is 15.6 Å². The zero-order chi connectivity index (χ0) is 62.4. The van der Waals surface area contributed by atoms with Crippen molar-refractivity contribution < 1.29 is 75.8 Å². The predicted octanol–water partition coefficient (Wildman–Crippen LogP) is 17.5. The van der Waals surface area contributed by atoms with Crippen molar-refractivity contribution in [1.29, 1.82) is 0 Å². The minimum Gasteiger partial charge on any atom is -0.463 e. The van der Waals surface area contributed by atoms with Crippen molar-refractivity contribution >= 4 is 33.6 Å². The molecule has 0 aliphatic carbocycles. The number of unbranched alkanes of at least 4 members (excludes halogenated alkanes) is 22. The van der Waals surface area contributed by atoms with E-state index in [1.807, 2.05) is 0 Å². The van der Waals surface area contributed by atoms with Gasteiger partial charge in [0.25, 0.3) is 0 Å². The lowest BCUT2D eigenvalue weighted by molar-refractivity contribution is -0.161. The first-order chi connectivity index (χ1) is 41.2. The summed E-state index contributed by atoms with van der Waals surface area (Å²) >= 11 is 0. The number of phosphoric ester groups is 2. The van der Waals surface area contributed by atoms with Crippen molar-refractivity contribution in [2.75, 3.05) is 39.6 Å². The third-order valence-corrected chi connectivity index (χ3v) is 15.2. The van der Waals surface area contributed by atoms with Gasteiger partial charge in [-0.15, -0.1) is 0 Å². The Balaban J connectivity index is 4.60. The van der Waals surface area contributed by atoms with Gasteiger partial charge in [-0.2, -0.15) is 0 Å². The Hall–Kier alpha value is -3.53. The van der Waals surface area contributed by atoms with Crippen molar-refractivity contribution in [1.82, 2.24) is 0 Å². The van der Waals surface area contributed by atoms with Gasteiger partial charge in [0.15, 0.2) is 6.10 Å². The number of carbonyl (C=O) groups is 3. The summed E-state index contributed by atoms with van der Waals surface area (Å²) in [6.45, 7) is 2.46. The van der Waals surface area contributed by atoms with E-state index in [2.05, 4.69) is 118 Å². The van der Waals surface area contributed by atoms with Gasteiger partial charge in [-0.05, 0) is 122 Å². The van der Waals surface area contributed by atoms with Crippen LogP contribution in [0.5, 0.6) is 0 Å². The van der Waals surface area contributed by atoms with Crippen molar-refractivity contribution in [2.45, 2.75) is 270 Å². The average Bonchev–Trinajstić information content (AvgIpc) is 3.51. The molecule has 0 aliphatic heterocycles. The third kappa shape index (κ3) is 61.9. The normalized spacial score (nSPS) is 15.0. The summed E-state index contributed by atoms with van der Waals surface area (Å²) in [6, 6.07) is 0. The van der Waals surface area contributed by atoms with E-state index in [4.69, 9.17) is 32.3 Å². The van der Waals surface area contributed by atoms with Crippen LogP contribution in [0.2, 0.25) is 0 Å². The highest BCUT2D eigenvalue weighted by Gasteiger charge is 2.29. The molecule has 0 aromatic rings. The van der Waals surface area contributed by atoms with E-state index >= 15 is 0 Å². The fraction of sp³-hybridized carbons (Fsp3) is 0.716. The minimum absolute atomic E-state index is 0.0926. The van der Waals surface area contributed by atoms with E-state index in [0.717, 1.165) is 141 Å². The molecule has 4 N–H and O–H groups in total. The molecule has 0 aromatic heterocycles. The molecular weight excluding hydrogens is 1120 g/mol. The molecule has 0 saturated carbocycles. The quantitative estimate of drug-likeness (QED) is 0.0146. The van der Waals surface area contributed by atoms with Crippen LogP contribution in [0.25, 0.3) is 0 Å². The van der Waals surface area contributed by atoms with Crippen LogP contribution in [0.15, 0.2) is 97.2 Å². The molecule has 0 aliphatic rings. The number of hydrogen-bond donors (Lipinski definition) is 4. The second kappa shape index (κ2) is 60.7. The lowest BCUT2D eigenvalue weighted by Gasteiger charge is -2.21. The molecule has 18 heteroatoms. The molecule has 0 fully saturated rings. The fourth-order valence-electron chi connectivity index (χ4n) is 8.27. The SMILES string of the molecule is CC/C=C\C/C=C\C/C=C\C/C=C\C/C=C\C/C=C\CCCCCCC(=O)OCC(O)COP(=O)(O)OCC(O)COP(=O)(O)OCC(COC(=O)CCCCCCC/C=C\CCCCCC)OC(=O)CCCCCCC/C=C\CCCCCC. The molecule has 5 unspecified atom stereocenters. The minimum atomic E-state index is -4.92. The summed E-state index contributed by atoms with van der Waals surface area (Å²) in [7, 11) is -9.78. The molecule has 0 rings (SSSR count). The number of allylic oxidation sites excluding steroid dienone is 16. The second-order valence-corrected chi connectivity index (χ2v) is 24.4. The number of hydrogen-bond acceptors (Lipinski definition) is 14. The third-order valence-electron chi connectivity index (χ3n) is 13.3. The Morgan fingerprint density at radius 1 is 0.341 bits per heavy atom. The smallest absolute Gasteiger partial charge is 0.463 e. The molecule has 85 heavy (non-hydrogen) atoms. The van der Waals surface area contributed by atoms with Crippen LogP contribution in [-0.4, -0.2) is 95.9 Å². The number of phosphoric acid groups is 2. The number of esters is 3. The Kier molecular flexibility index (Phi) is 58.2. The number of aliphatic hydroxyl groups is 2. The van der Waals surface area contributed by atoms with Gasteiger partial charge < -0.3 is 34.2 Å². The van der Waals surface area contributed by atoms with E-state index in [0.29, 0.717) is 19.3 Å². The zero-order valence-electron chi connectivity index (χ0n) is 52.8. The van der Waals surface area contributed by atoms with Gasteiger partial charge in [-0.25, -0.2) is 9.13 Å². The van der Waals surface area contributed by atoms with Crippen LogP contribution in [0, 0.1) is 0 Å². The molecule has 5 atom stereocenters. The lowest BCUT2D eigenvalue weighted by Crippen LogP contribution is -2.30. The Morgan fingerprint density at radius 2 is 0.624 bits per heavy atom. The first kappa shape index (κ1) is 81.5. The zero-order valence-corrected chi connectivity index (χ0v) is 54.5. The second-order valence-electron chi connectivity index (χ2n) is 21.5. The van der Waals surface area contributed by atoms with Gasteiger partial charge in [0.05, 0.1) is 26.4 Å². The lowest BCUT2D eigenvalue weighted by atomic mass is 10.1. The van der Waals surface area contributed by atoms with Crippen LogP contribution < -0.4 is 0 Å². The number of rotatable bonds is 61. The van der Waals surface area contributed by atoms with Crippen LogP contribution in [-0.2, 0) is 55.8 Å². The number of aliphatic hydroxyl groups excluding tert-OH is 2. The van der Waals surface area contributed by atoms with E-state index in [-0.39, 0.29) is 19.3 Å². The van der Waals surface area contributed by atoms with Crippen molar-refractivity contribution in [3.63, 3.8) is 0 Å². The molecule has 0 spiro atoms. The summed E-state index contributed by atoms with van der Waals surface area (Å²) < 4.78 is 60.7. The highest BCUT2D eigenvalue weighted by molar-refractivity contribution is 7.47. The maximum atomic E-state index is 12.9. The van der Waals surface area contributed by atoms with Crippen LogP contribution in [0.4, 0.5) is 0 Å². The van der Waals surface area contributed by atoms with Crippen molar-refractivity contribution in [3.05, 3.63) is 97.2 Å². The van der Waals surface area contributed by atoms with Crippen molar-refractivity contribution in [3.8, 4) is 0 Å². The first-order valence-electron chi connectivity index (χ1n) is 32.5. The molecule has 0 saturated heterocycles. The number of ether oxygens (including phenoxy) is 3. The van der Waals surface area contributed by atoms with Gasteiger partial charge >= 0.3 is 33.6 Å². The summed E-state index contributed by atoms with van der Waals surface area (Å²) in [5.74, 6) is -1.62. The maximum absolute atomic E-state index is 12.9. The highest BCUT2D eigenvalue weighted by Crippen LogP contribution is 2.45. The van der Waals surface area contributed by atoms with Gasteiger partial charge in [-0.1, -0.05) is 208 Å². The largest absolute Gasteiger partial charge is 0.472 e. The van der Waals surface area contributed by atoms with E-state index < -0.39 is 91.5 Å². The Labute approximate surface area is 514 Å². The summed E-state index contributed by atoms with van der Waals surface area (Å²) in [4.78, 5) is 58.2. The van der Waals surface area contributed by atoms with E-state index in [1.54, 1.807) is 0 Å². The van der Waals surface area contributed by atoms with Gasteiger partial charge in [-0.3, -0.25) is 32.5 Å². The monoisotopic (exact) mass is 1240 g/mol. The maximum Gasteiger partial charge on any atom is 0.472 e.